The van der Waals surface area contributed by atoms with Crippen LogP contribution in [0, 0.1) is 0 Å². The normalized spacial score (nSPS) is 11.8. The highest BCUT2D eigenvalue weighted by atomic mass is 16.3. The number of fused-ring (bicyclic) bond motifs is 7. The molecule has 10 aromatic rings. The van der Waals surface area contributed by atoms with Gasteiger partial charge >= 0.3 is 0 Å². The topological polar surface area (TPSA) is 43.9 Å². The van der Waals surface area contributed by atoms with Gasteiger partial charge in [0.25, 0.3) is 0 Å². The molecular formula is C44H27N3O. The van der Waals surface area contributed by atoms with Crippen molar-refractivity contribution in [3.63, 3.8) is 0 Å². The van der Waals surface area contributed by atoms with Crippen molar-refractivity contribution in [2.45, 2.75) is 0 Å². The van der Waals surface area contributed by atoms with Gasteiger partial charge in [-0.1, -0.05) is 109 Å². The molecule has 0 saturated heterocycles. The van der Waals surface area contributed by atoms with Crippen LogP contribution in [-0.2, 0) is 0 Å². The first-order valence-electron chi connectivity index (χ1n) is 16.2. The second kappa shape index (κ2) is 10.5. The van der Waals surface area contributed by atoms with Crippen LogP contribution in [0.25, 0.3) is 94.1 Å². The largest absolute Gasteiger partial charge is 0.456 e. The Bertz CT molecular complexity index is 2830. The minimum absolute atomic E-state index is 0.682. The molecule has 0 bridgehead atoms. The van der Waals surface area contributed by atoms with E-state index in [1.807, 2.05) is 30.3 Å². The second-order valence-electron chi connectivity index (χ2n) is 12.2. The number of furan rings is 1. The fraction of sp³-hybridized carbons (Fsp3) is 0. The number of hydrogen-bond acceptors (Lipinski definition) is 3. The van der Waals surface area contributed by atoms with Crippen molar-refractivity contribution in [3.8, 4) is 39.5 Å². The third kappa shape index (κ3) is 4.10. The third-order valence-corrected chi connectivity index (χ3v) is 9.41. The molecule has 0 spiro atoms. The number of benzene rings is 7. The third-order valence-electron chi connectivity index (χ3n) is 9.41. The maximum Gasteiger partial charge on any atom is 0.161 e. The highest BCUT2D eigenvalue weighted by Crippen LogP contribution is 2.40. The zero-order valence-corrected chi connectivity index (χ0v) is 25.8. The van der Waals surface area contributed by atoms with Crippen LogP contribution in [0.4, 0.5) is 0 Å². The van der Waals surface area contributed by atoms with Gasteiger partial charge in [-0.05, 0) is 65.7 Å². The molecule has 0 N–H and O–H groups in total. The van der Waals surface area contributed by atoms with Crippen LogP contribution in [0.15, 0.2) is 168 Å². The first-order chi connectivity index (χ1) is 23.8. The lowest BCUT2D eigenvalue weighted by Gasteiger charge is -2.10. The van der Waals surface area contributed by atoms with Gasteiger partial charge in [0.05, 0.1) is 22.2 Å². The molecular weight excluding hydrogens is 587 g/mol. The van der Waals surface area contributed by atoms with Crippen molar-refractivity contribution in [2.24, 2.45) is 0 Å². The van der Waals surface area contributed by atoms with Crippen molar-refractivity contribution < 1.29 is 4.42 Å². The molecule has 0 unspecified atom stereocenters. The lowest BCUT2D eigenvalue weighted by Crippen LogP contribution is -1.95. The molecule has 7 aromatic carbocycles. The molecule has 48 heavy (non-hydrogen) atoms. The van der Waals surface area contributed by atoms with Crippen LogP contribution >= 0.6 is 0 Å². The van der Waals surface area contributed by atoms with Gasteiger partial charge in [-0.3, -0.25) is 0 Å². The Morgan fingerprint density at radius 3 is 1.98 bits per heavy atom. The molecule has 0 fully saturated rings. The monoisotopic (exact) mass is 613 g/mol. The average molecular weight is 614 g/mol. The van der Waals surface area contributed by atoms with E-state index in [1.54, 1.807) is 0 Å². The van der Waals surface area contributed by atoms with Crippen molar-refractivity contribution in [1.29, 1.82) is 0 Å². The van der Waals surface area contributed by atoms with Crippen LogP contribution in [0.3, 0.4) is 0 Å². The van der Waals surface area contributed by atoms with E-state index in [0.29, 0.717) is 5.82 Å². The van der Waals surface area contributed by atoms with Gasteiger partial charge in [-0.25, -0.2) is 9.97 Å². The van der Waals surface area contributed by atoms with E-state index in [2.05, 4.69) is 138 Å². The molecule has 0 aliphatic carbocycles. The van der Waals surface area contributed by atoms with E-state index in [0.717, 1.165) is 66.5 Å². The van der Waals surface area contributed by atoms with Gasteiger partial charge in [-0.2, -0.15) is 0 Å². The Morgan fingerprint density at radius 1 is 0.438 bits per heavy atom. The summed E-state index contributed by atoms with van der Waals surface area (Å²) in [5.74, 6) is 0.682. The average Bonchev–Trinajstić information content (AvgIpc) is 3.70. The van der Waals surface area contributed by atoms with E-state index in [9.17, 15) is 0 Å². The smallest absolute Gasteiger partial charge is 0.161 e. The summed E-state index contributed by atoms with van der Waals surface area (Å²) in [5, 5.41) is 5.55. The Kier molecular flexibility index (Phi) is 5.84. The predicted molar refractivity (Wildman–Crippen MR) is 197 cm³/mol. The van der Waals surface area contributed by atoms with Gasteiger partial charge in [0.1, 0.15) is 11.2 Å². The van der Waals surface area contributed by atoms with Crippen LogP contribution in [0.2, 0.25) is 0 Å². The predicted octanol–water partition coefficient (Wildman–Crippen LogP) is 11.6. The Hall–Kier alpha value is -6.52. The van der Waals surface area contributed by atoms with Crippen LogP contribution < -0.4 is 0 Å². The molecule has 10 rings (SSSR count). The molecule has 3 heterocycles. The highest BCUT2D eigenvalue weighted by Gasteiger charge is 2.18. The van der Waals surface area contributed by atoms with E-state index >= 15 is 0 Å². The Morgan fingerprint density at radius 2 is 1.12 bits per heavy atom. The fourth-order valence-electron chi connectivity index (χ4n) is 7.21. The number of hydrogen-bond donors (Lipinski definition) is 0. The number of rotatable bonds is 4. The quantitative estimate of drug-likeness (QED) is 0.198. The lowest BCUT2D eigenvalue weighted by atomic mass is 9.99. The highest BCUT2D eigenvalue weighted by molar-refractivity contribution is 6.14. The summed E-state index contributed by atoms with van der Waals surface area (Å²) < 4.78 is 8.78. The first-order valence-corrected chi connectivity index (χ1v) is 16.2. The second-order valence-corrected chi connectivity index (χ2v) is 12.2. The lowest BCUT2D eigenvalue weighted by molar-refractivity contribution is 0.669. The summed E-state index contributed by atoms with van der Waals surface area (Å²) in [5.41, 5.74) is 11.3. The van der Waals surface area contributed by atoms with Gasteiger partial charge in [-0.15, -0.1) is 0 Å². The molecule has 3 aromatic heterocycles. The molecule has 0 aliphatic heterocycles. The van der Waals surface area contributed by atoms with Crippen LogP contribution in [0.1, 0.15) is 0 Å². The maximum absolute atomic E-state index is 6.43. The zero-order chi connectivity index (χ0) is 31.6. The Balaban J connectivity index is 1.17. The van der Waals surface area contributed by atoms with Crippen molar-refractivity contribution in [3.05, 3.63) is 164 Å². The summed E-state index contributed by atoms with van der Waals surface area (Å²) in [6.45, 7) is 0. The summed E-state index contributed by atoms with van der Waals surface area (Å²) in [6.07, 6.45) is 0. The van der Waals surface area contributed by atoms with Crippen LogP contribution in [-0.4, -0.2) is 14.5 Å². The molecule has 0 saturated carbocycles. The van der Waals surface area contributed by atoms with E-state index in [-0.39, 0.29) is 0 Å². The minimum Gasteiger partial charge on any atom is -0.456 e. The molecule has 4 nitrogen and oxygen atoms in total. The molecule has 0 amide bonds. The van der Waals surface area contributed by atoms with Gasteiger partial charge in [0.15, 0.2) is 5.82 Å². The fourth-order valence-corrected chi connectivity index (χ4v) is 7.21. The molecule has 0 atom stereocenters. The van der Waals surface area contributed by atoms with Crippen LogP contribution in [0.5, 0.6) is 0 Å². The van der Waals surface area contributed by atoms with E-state index in [4.69, 9.17) is 14.4 Å². The van der Waals surface area contributed by atoms with Gasteiger partial charge in [0.2, 0.25) is 0 Å². The zero-order valence-electron chi connectivity index (χ0n) is 25.8. The summed E-state index contributed by atoms with van der Waals surface area (Å²) in [4.78, 5) is 10.3. The molecule has 0 aliphatic rings. The SMILES string of the molecule is c1ccc(-c2nc(-c3cccc4oc5ccc(-c6ccc7c(c6)c6ccccc6n7-c6ccccc6)cc5c34)nc3ccccc23)cc1. The van der Waals surface area contributed by atoms with Gasteiger partial charge in [0, 0.05) is 43.7 Å². The van der Waals surface area contributed by atoms with Crippen molar-refractivity contribution in [1.82, 2.24) is 14.5 Å². The minimum atomic E-state index is 0.682. The Labute approximate surface area is 276 Å². The standard InChI is InChI=1S/C44H27N3O/c1-3-12-28(13-4-1)43-33-17-7-9-19-37(33)45-44(46-43)34-18-11-21-41-42(34)36-27-30(23-25-40(36)48-41)29-22-24-39-35(26-29)32-16-8-10-20-38(32)47(39)31-14-5-2-6-15-31/h1-27H. The van der Waals surface area contributed by atoms with E-state index < -0.39 is 0 Å². The van der Waals surface area contributed by atoms with E-state index in [1.165, 1.54) is 21.8 Å². The van der Waals surface area contributed by atoms with Crippen molar-refractivity contribution >= 4 is 54.6 Å². The first kappa shape index (κ1) is 26.7. The summed E-state index contributed by atoms with van der Waals surface area (Å²) >= 11 is 0. The molecule has 4 heteroatoms. The molecule has 0 radical (unpaired) electrons. The maximum atomic E-state index is 6.43. The summed E-state index contributed by atoms with van der Waals surface area (Å²) in [7, 11) is 0. The molecule has 224 valence electrons. The number of nitrogens with zero attached hydrogens (tertiary/aromatic N) is 3. The summed E-state index contributed by atoms with van der Waals surface area (Å²) in [6, 6.07) is 57.2. The van der Waals surface area contributed by atoms with Gasteiger partial charge < -0.3 is 8.98 Å². The number of para-hydroxylation sites is 3. The number of aromatic nitrogens is 3. The van der Waals surface area contributed by atoms with Crippen molar-refractivity contribution in [2.75, 3.05) is 0 Å².